The smallest absolute Gasteiger partial charge is 0.338 e. The normalized spacial score (nSPS) is 44.5. The average molecular weight is 429 g/mol. The lowest BCUT2D eigenvalue weighted by Gasteiger charge is -2.44. The zero-order chi connectivity index (χ0) is 22.4. The summed E-state index contributed by atoms with van der Waals surface area (Å²) < 4.78 is 5.48. The number of hydrogen-bond donors (Lipinski definition) is 2. The molecule has 0 radical (unpaired) electrons. The van der Waals surface area contributed by atoms with Gasteiger partial charge in [0.05, 0.1) is 6.10 Å². The minimum absolute atomic E-state index is 0.160. The second-order valence-corrected chi connectivity index (χ2v) is 11.2. The third-order valence-electron chi connectivity index (χ3n) is 8.89. The van der Waals surface area contributed by atoms with Crippen molar-refractivity contribution in [3.8, 4) is 0 Å². The molecule has 4 heteroatoms. The van der Waals surface area contributed by atoms with Crippen molar-refractivity contribution in [3.63, 3.8) is 0 Å². The second-order valence-electron chi connectivity index (χ2n) is 11.2. The molecule has 172 valence electrons. The summed E-state index contributed by atoms with van der Waals surface area (Å²) in [4.78, 5) is 11.9. The van der Waals surface area contributed by atoms with Gasteiger partial charge in [-0.1, -0.05) is 43.7 Å². The van der Waals surface area contributed by atoms with Gasteiger partial charge in [0.2, 0.25) is 0 Å². The monoisotopic (exact) mass is 428 g/mol. The van der Waals surface area contributed by atoms with Crippen LogP contribution in [0.3, 0.4) is 0 Å². The molecular formula is C27H40O4. The van der Waals surface area contributed by atoms with Crippen molar-refractivity contribution < 1.29 is 19.7 Å². The third kappa shape index (κ3) is 4.43. The second kappa shape index (κ2) is 8.51. The maximum Gasteiger partial charge on any atom is 0.338 e. The van der Waals surface area contributed by atoms with Crippen LogP contribution in [-0.2, 0) is 9.53 Å². The van der Waals surface area contributed by atoms with Gasteiger partial charge in [0.25, 0.3) is 0 Å². The van der Waals surface area contributed by atoms with Crippen molar-refractivity contribution in [2.24, 2.45) is 23.2 Å². The van der Waals surface area contributed by atoms with Crippen LogP contribution in [0.25, 0.3) is 0 Å². The van der Waals surface area contributed by atoms with Crippen molar-refractivity contribution in [2.75, 3.05) is 0 Å². The molecule has 7 atom stereocenters. The van der Waals surface area contributed by atoms with Crippen LogP contribution in [0.2, 0.25) is 0 Å². The van der Waals surface area contributed by atoms with E-state index in [2.05, 4.69) is 32.6 Å². The van der Waals surface area contributed by atoms with E-state index in [1.807, 2.05) is 0 Å². The van der Waals surface area contributed by atoms with Crippen LogP contribution in [0, 0.1) is 23.2 Å². The molecule has 2 N–H and O–H groups in total. The Kier molecular flexibility index (Phi) is 6.26. The van der Waals surface area contributed by atoms with E-state index in [0.717, 1.165) is 25.7 Å². The summed E-state index contributed by atoms with van der Waals surface area (Å²) in [6, 6.07) is 0. The van der Waals surface area contributed by atoms with Crippen LogP contribution in [0.1, 0.15) is 85.0 Å². The van der Waals surface area contributed by atoms with Crippen molar-refractivity contribution in [2.45, 2.75) is 103 Å². The molecule has 4 nitrogen and oxygen atoms in total. The van der Waals surface area contributed by atoms with Crippen LogP contribution in [-0.4, -0.2) is 34.0 Å². The van der Waals surface area contributed by atoms with E-state index in [1.165, 1.54) is 43.3 Å². The fourth-order valence-electron chi connectivity index (χ4n) is 7.17. The molecular weight excluding hydrogens is 388 g/mol. The lowest BCUT2D eigenvalue weighted by atomic mass is 9.60. The highest BCUT2D eigenvalue weighted by molar-refractivity contribution is 5.80. The Labute approximate surface area is 187 Å². The summed E-state index contributed by atoms with van der Waals surface area (Å²) in [6.45, 7) is 10.6. The lowest BCUT2D eigenvalue weighted by molar-refractivity contribution is -0.154. The number of cyclic esters (lactones) is 1. The fourth-order valence-corrected chi connectivity index (χ4v) is 7.17. The Morgan fingerprint density at radius 2 is 2.00 bits per heavy atom. The first-order valence-electron chi connectivity index (χ1n) is 12.3. The molecule has 1 heterocycles. The van der Waals surface area contributed by atoms with Gasteiger partial charge in [-0.05, 0) is 93.5 Å². The highest BCUT2D eigenvalue weighted by atomic mass is 16.6. The highest BCUT2D eigenvalue weighted by Gasteiger charge is 2.52. The number of rotatable bonds is 4. The van der Waals surface area contributed by atoms with Gasteiger partial charge in [0.1, 0.15) is 6.10 Å². The van der Waals surface area contributed by atoms with Gasteiger partial charge in [0, 0.05) is 6.42 Å². The Morgan fingerprint density at radius 3 is 2.71 bits per heavy atom. The van der Waals surface area contributed by atoms with Gasteiger partial charge in [-0.3, -0.25) is 0 Å². The number of esters is 1. The van der Waals surface area contributed by atoms with Crippen LogP contribution in [0.4, 0.5) is 0 Å². The summed E-state index contributed by atoms with van der Waals surface area (Å²) in [5.74, 6) is 1.23. The van der Waals surface area contributed by atoms with Crippen molar-refractivity contribution in [3.05, 3.63) is 35.5 Å². The molecule has 0 aromatic rings. The zero-order valence-electron chi connectivity index (χ0n) is 19.5. The Hall–Kier alpha value is -1.39. The molecule has 0 aromatic heterocycles. The molecule has 0 amide bonds. The van der Waals surface area contributed by atoms with Crippen LogP contribution in [0.15, 0.2) is 35.5 Å². The first-order chi connectivity index (χ1) is 14.6. The number of fused-ring (bicyclic) bond motifs is 1. The molecule has 0 unspecified atom stereocenters. The van der Waals surface area contributed by atoms with E-state index in [-0.39, 0.29) is 17.6 Å². The number of allylic oxidation sites excluding steroid dienone is 4. The minimum atomic E-state index is -1.32. The molecule has 0 spiro atoms. The van der Waals surface area contributed by atoms with Crippen LogP contribution in [0.5, 0.6) is 0 Å². The summed E-state index contributed by atoms with van der Waals surface area (Å²) in [7, 11) is 0. The van der Waals surface area contributed by atoms with Crippen LogP contribution >= 0.6 is 0 Å². The van der Waals surface area contributed by atoms with Crippen molar-refractivity contribution in [1.82, 2.24) is 0 Å². The quantitative estimate of drug-likeness (QED) is 0.600. The van der Waals surface area contributed by atoms with Gasteiger partial charge in [-0.25, -0.2) is 4.79 Å². The maximum absolute atomic E-state index is 11.9. The molecule has 4 aliphatic rings. The fraction of sp³-hybridized carbons (Fsp3) is 0.741. The first kappa shape index (κ1) is 22.8. The predicted octanol–water partition coefficient (Wildman–Crippen LogP) is 5.25. The molecule has 4 fully saturated rings. The molecule has 31 heavy (non-hydrogen) atoms. The number of aliphatic hydroxyl groups is 2. The SMILES string of the molecule is C=C1CC[C@H](O)CC1=C/C=C1\CCC[C@]2(C)[C@@H]([C@H](C)C[C@H]3C[C@@](C)(O)C(=O)O3)CC[C@@H]12. The Morgan fingerprint density at radius 1 is 1.23 bits per heavy atom. The topological polar surface area (TPSA) is 66.8 Å². The molecule has 3 saturated carbocycles. The van der Waals surface area contributed by atoms with E-state index in [4.69, 9.17) is 4.74 Å². The van der Waals surface area contributed by atoms with Crippen molar-refractivity contribution in [1.29, 1.82) is 0 Å². The lowest BCUT2D eigenvalue weighted by Crippen LogP contribution is -2.36. The number of carbonyl (C=O) groups is 1. The van der Waals surface area contributed by atoms with E-state index < -0.39 is 11.6 Å². The highest BCUT2D eigenvalue weighted by Crippen LogP contribution is 2.60. The third-order valence-corrected chi connectivity index (χ3v) is 8.89. The minimum Gasteiger partial charge on any atom is -0.460 e. The number of aliphatic hydroxyl groups excluding tert-OH is 1. The van der Waals surface area contributed by atoms with Gasteiger partial charge in [-0.15, -0.1) is 0 Å². The first-order valence-corrected chi connectivity index (χ1v) is 12.3. The predicted molar refractivity (Wildman–Crippen MR) is 122 cm³/mol. The standard InChI is InChI=1S/C27H40O4/c1-17-7-10-21(28)15-20(17)9-8-19-6-5-13-26(3)23(11-12-24(19)26)18(2)14-22-16-27(4,30)25(29)31-22/h8-9,18,21-24,28,30H,1,5-7,10-16H2,2-4H3/b19-8+,20-9?/t18-,21+,22+,23-,24+,26-,27-/m1/s1. The summed E-state index contributed by atoms with van der Waals surface area (Å²) in [6.07, 6.45) is 14.0. The summed E-state index contributed by atoms with van der Waals surface area (Å²) in [5, 5.41) is 20.2. The van der Waals surface area contributed by atoms with E-state index in [0.29, 0.717) is 24.2 Å². The van der Waals surface area contributed by atoms with Gasteiger partial charge >= 0.3 is 5.97 Å². The van der Waals surface area contributed by atoms with E-state index in [9.17, 15) is 15.0 Å². The molecule has 4 rings (SSSR count). The Balaban J connectivity index is 1.46. The van der Waals surface area contributed by atoms with Gasteiger partial charge in [-0.2, -0.15) is 0 Å². The number of hydrogen-bond acceptors (Lipinski definition) is 4. The van der Waals surface area contributed by atoms with Crippen LogP contribution < -0.4 is 0 Å². The van der Waals surface area contributed by atoms with Gasteiger partial charge < -0.3 is 14.9 Å². The summed E-state index contributed by atoms with van der Waals surface area (Å²) >= 11 is 0. The summed E-state index contributed by atoms with van der Waals surface area (Å²) in [5.41, 5.74) is 2.93. The number of ether oxygens (including phenoxy) is 1. The Bertz CT molecular complexity index is 791. The maximum atomic E-state index is 11.9. The molecule has 3 aliphatic carbocycles. The molecule has 0 bridgehead atoms. The molecule has 1 aliphatic heterocycles. The number of carbonyl (C=O) groups excluding carboxylic acids is 1. The largest absolute Gasteiger partial charge is 0.460 e. The van der Waals surface area contributed by atoms with E-state index >= 15 is 0 Å². The van der Waals surface area contributed by atoms with E-state index in [1.54, 1.807) is 12.5 Å². The molecule has 0 aromatic carbocycles. The molecule has 1 saturated heterocycles. The van der Waals surface area contributed by atoms with Gasteiger partial charge in [0.15, 0.2) is 5.60 Å². The van der Waals surface area contributed by atoms with Crippen molar-refractivity contribution >= 4 is 5.97 Å². The average Bonchev–Trinajstić information content (AvgIpc) is 3.17. The zero-order valence-corrected chi connectivity index (χ0v) is 19.5.